The number of hydrogen-bond acceptors (Lipinski definition) is 6. The van der Waals surface area contributed by atoms with Crippen LogP contribution in [0.1, 0.15) is 83.6 Å². The van der Waals surface area contributed by atoms with E-state index >= 15 is 4.79 Å². The number of urea groups is 1. The van der Waals surface area contributed by atoms with E-state index in [4.69, 9.17) is 43.4 Å². The summed E-state index contributed by atoms with van der Waals surface area (Å²) in [5, 5.41) is 1.24. The fourth-order valence-electron chi connectivity index (χ4n) is 7.41. The highest BCUT2D eigenvalue weighted by Gasteiger charge is 2.60. The molecule has 0 spiro atoms. The number of rotatable bonds is 6. The molecule has 1 unspecified atom stereocenters. The minimum absolute atomic E-state index is 0.0973. The van der Waals surface area contributed by atoms with E-state index < -0.39 is 16.9 Å². The number of piperazine rings is 1. The van der Waals surface area contributed by atoms with Gasteiger partial charge in [-0.3, -0.25) is 20.5 Å². The smallest absolute Gasteiger partial charge is 0.326 e. The number of hydrogen-bond donors (Lipinski definition) is 1. The Morgan fingerprint density at radius 3 is 2.04 bits per heavy atom. The predicted molar refractivity (Wildman–Crippen MR) is 198 cm³/mol. The van der Waals surface area contributed by atoms with Crippen molar-refractivity contribution in [1.29, 1.82) is 0 Å². The molecule has 3 aliphatic heterocycles. The Bertz CT molecular complexity index is 1710. The second-order valence-electron chi connectivity index (χ2n) is 15.1. The van der Waals surface area contributed by atoms with E-state index in [1.165, 1.54) is 0 Å². The van der Waals surface area contributed by atoms with Crippen molar-refractivity contribution in [3.8, 4) is 5.75 Å². The van der Waals surface area contributed by atoms with Crippen LogP contribution in [0.3, 0.4) is 0 Å². The molecule has 3 aromatic rings. The summed E-state index contributed by atoms with van der Waals surface area (Å²) in [4.78, 5) is 26.8. The first-order valence-corrected chi connectivity index (χ1v) is 18.0. The second-order valence-corrected chi connectivity index (χ2v) is 16.0. The van der Waals surface area contributed by atoms with Gasteiger partial charge in [-0.15, -0.1) is 0 Å². The average Bonchev–Trinajstić information content (AvgIpc) is 3.61. The summed E-state index contributed by atoms with van der Waals surface area (Å²) in [5.41, 5.74) is 8.33. The van der Waals surface area contributed by atoms with Crippen molar-refractivity contribution in [2.75, 3.05) is 32.8 Å². The molecule has 49 heavy (non-hydrogen) atoms. The van der Waals surface area contributed by atoms with Crippen LogP contribution in [-0.2, 0) is 21.2 Å². The van der Waals surface area contributed by atoms with Gasteiger partial charge in [0.1, 0.15) is 22.7 Å². The quantitative estimate of drug-likeness (QED) is 0.280. The van der Waals surface area contributed by atoms with Gasteiger partial charge in [-0.05, 0) is 92.6 Å². The van der Waals surface area contributed by atoms with Crippen LogP contribution in [0.5, 0.6) is 5.75 Å². The molecule has 3 aromatic carbocycles. The third-order valence-electron chi connectivity index (χ3n) is 10.5. The highest BCUT2D eigenvalue weighted by Crippen LogP contribution is 2.54. The number of ether oxygens (including phenoxy) is 2. The first kappa shape index (κ1) is 35.7. The van der Waals surface area contributed by atoms with E-state index in [-0.39, 0.29) is 17.6 Å². The zero-order valence-corrected chi connectivity index (χ0v) is 31.2. The average molecular weight is 707 g/mol. The third kappa shape index (κ3) is 6.47. The summed E-state index contributed by atoms with van der Waals surface area (Å²) < 4.78 is 12.5. The third-order valence-corrected chi connectivity index (χ3v) is 11.0. The van der Waals surface area contributed by atoms with Crippen molar-refractivity contribution < 1.29 is 14.3 Å². The van der Waals surface area contributed by atoms with Gasteiger partial charge in [0, 0.05) is 42.6 Å². The van der Waals surface area contributed by atoms with Crippen LogP contribution in [0.15, 0.2) is 71.7 Å². The summed E-state index contributed by atoms with van der Waals surface area (Å²) in [6.07, 6.45) is 1.61. The van der Waals surface area contributed by atoms with E-state index in [0.29, 0.717) is 54.4 Å². The Kier molecular flexibility index (Phi) is 9.61. The molecule has 8 nitrogen and oxygen atoms in total. The Morgan fingerprint density at radius 1 is 0.918 bits per heavy atom. The van der Waals surface area contributed by atoms with E-state index in [1.54, 1.807) is 0 Å². The lowest BCUT2D eigenvalue weighted by Gasteiger charge is -2.48. The Labute approximate surface area is 301 Å². The maximum absolute atomic E-state index is 15.3. The van der Waals surface area contributed by atoms with Gasteiger partial charge >= 0.3 is 6.03 Å². The molecule has 0 aromatic heterocycles. The SMILES string of the molecule is CC(C)Oc1cc(C(C)(C)C)ccc1C1=N[C@@](C)(c2ccc(Cl)cc2)[C@@](C)(c2ccc(Cl)cc2)N1C(=O)N1CCN(C2(N)CCCO2)CC1. The predicted octanol–water partition coefficient (Wildman–Crippen LogP) is 8.13. The van der Waals surface area contributed by atoms with Crippen LogP contribution in [0.2, 0.25) is 10.0 Å². The van der Waals surface area contributed by atoms with E-state index in [1.807, 2.05) is 72.2 Å². The van der Waals surface area contributed by atoms with E-state index in [9.17, 15) is 0 Å². The van der Waals surface area contributed by atoms with Crippen molar-refractivity contribution in [2.24, 2.45) is 10.7 Å². The summed E-state index contributed by atoms with van der Waals surface area (Å²) in [6.45, 7) is 17.6. The van der Waals surface area contributed by atoms with Crippen LogP contribution >= 0.6 is 23.2 Å². The lowest BCUT2D eigenvalue weighted by molar-refractivity contribution is -0.129. The molecule has 3 atom stereocenters. The van der Waals surface area contributed by atoms with Crippen LogP contribution in [0.4, 0.5) is 4.79 Å². The molecule has 262 valence electrons. The normalized spacial score (nSPS) is 26.4. The fraction of sp³-hybridized carbons (Fsp3) is 0.487. The summed E-state index contributed by atoms with van der Waals surface area (Å²) in [6, 6.07) is 21.6. The zero-order valence-electron chi connectivity index (χ0n) is 29.7. The van der Waals surface area contributed by atoms with Gasteiger partial charge in [0.25, 0.3) is 0 Å². The number of amidine groups is 1. The lowest BCUT2D eigenvalue weighted by atomic mass is 9.71. The van der Waals surface area contributed by atoms with Gasteiger partial charge in [0.05, 0.1) is 18.3 Å². The summed E-state index contributed by atoms with van der Waals surface area (Å²) in [5.74, 6) is 0.456. The van der Waals surface area contributed by atoms with Crippen LogP contribution in [0, 0.1) is 0 Å². The van der Waals surface area contributed by atoms with Gasteiger partial charge < -0.3 is 14.4 Å². The highest BCUT2D eigenvalue weighted by molar-refractivity contribution is 6.30. The van der Waals surface area contributed by atoms with Crippen molar-refractivity contribution >= 4 is 35.1 Å². The first-order valence-electron chi connectivity index (χ1n) is 17.3. The molecule has 2 N–H and O–H groups in total. The monoisotopic (exact) mass is 705 g/mol. The molecule has 0 aliphatic carbocycles. The van der Waals surface area contributed by atoms with Crippen LogP contribution < -0.4 is 10.5 Å². The summed E-state index contributed by atoms with van der Waals surface area (Å²) >= 11 is 12.8. The number of benzene rings is 3. The summed E-state index contributed by atoms with van der Waals surface area (Å²) in [7, 11) is 0. The van der Waals surface area contributed by atoms with Crippen molar-refractivity contribution in [3.63, 3.8) is 0 Å². The standard InChI is InChI=1S/C39H49Cl2N5O3/c1-26(2)49-33-25-29(36(3,4)5)13-18-32(33)34-43-37(6,27-9-14-30(40)15-10-27)38(7,28-11-16-31(41)17-12-28)46(34)35(47)44-20-22-45(23-21-44)39(42)19-8-24-48-39/h9-18,25-26H,8,19-24,42H2,1-7H3/t37-,38+,39?/m0/s1. The molecular formula is C39H49Cl2N5O3. The van der Waals surface area contributed by atoms with E-state index in [0.717, 1.165) is 35.1 Å². The Morgan fingerprint density at radius 2 is 1.51 bits per heavy atom. The molecule has 10 heteroatoms. The molecule has 0 radical (unpaired) electrons. The topological polar surface area (TPSA) is 83.6 Å². The number of amides is 2. The van der Waals surface area contributed by atoms with Gasteiger partial charge in [-0.25, -0.2) is 4.79 Å². The molecule has 2 fully saturated rings. The lowest BCUT2D eigenvalue weighted by Crippen LogP contribution is -2.65. The van der Waals surface area contributed by atoms with Crippen molar-refractivity contribution in [3.05, 3.63) is 99.0 Å². The molecule has 6 rings (SSSR count). The molecule has 2 amide bonds. The maximum atomic E-state index is 15.3. The van der Waals surface area contributed by atoms with Crippen molar-refractivity contribution in [1.82, 2.24) is 14.7 Å². The maximum Gasteiger partial charge on any atom is 0.326 e. The fourth-order valence-corrected chi connectivity index (χ4v) is 7.66. The molecular weight excluding hydrogens is 657 g/mol. The number of carbonyl (C=O) groups is 1. The van der Waals surface area contributed by atoms with Gasteiger partial charge in [0.15, 0.2) is 5.85 Å². The molecule has 0 bridgehead atoms. The largest absolute Gasteiger partial charge is 0.490 e. The van der Waals surface area contributed by atoms with Gasteiger partial charge in [-0.2, -0.15) is 0 Å². The van der Waals surface area contributed by atoms with Crippen molar-refractivity contribution in [2.45, 2.75) is 89.8 Å². The number of carbonyl (C=O) groups excluding carboxylic acids is 1. The number of nitrogens with two attached hydrogens (primary N) is 1. The van der Waals surface area contributed by atoms with Gasteiger partial charge in [-0.1, -0.05) is 74.3 Å². The highest BCUT2D eigenvalue weighted by atomic mass is 35.5. The molecule has 0 saturated carbocycles. The Balaban J connectivity index is 1.53. The minimum atomic E-state index is -0.990. The number of aliphatic imine (C=N–C) groups is 1. The molecule has 3 aliphatic rings. The minimum Gasteiger partial charge on any atom is -0.490 e. The van der Waals surface area contributed by atoms with Crippen LogP contribution in [0.25, 0.3) is 0 Å². The van der Waals surface area contributed by atoms with E-state index in [2.05, 4.69) is 57.7 Å². The number of nitrogens with zero attached hydrogens (tertiary/aromatic N) is 4. The van der Waals surface area contributed by atoms with Crippen LogP contribution in [-0.4, -0.2) is 71.3 Å². The molecule has 3 heterocycles. The van der Waals surface area contributed by atoms with Gasteiger partial charge in [0.2, 0.25) is 0 Å². The Hall–Kier alpha value is -3.14. The first-order chi connectivity index (χ1) is 23.1. The number of halogens is 2. The molecule has 2 saturated heterocycles. The second kappa shape index (κ2) is 13.2. The zero-order chi connectivity index (χ0) is 35.4.